The topological polar surface area (TPSA) is 62.7 Å². The summed E-state index contributed by atoms with van der Waals surface area (Å²) in [5.41, 5.74) is 3.19. The van der Waals surface area contributed by atoms with Crippen LogP contribution in [-0.2, 0) is 0 Å². The van der Waals surface area contributed by atoms with Crippen molar-refractivity contribution >= 4 is 29.2 Å². The number of aromatic nitrogens is 3. The highest BCUT2D eigenvalue weighted by molar-refractivity contribution is 6.28. The van der Waals surface area contributed by atoms with Crippen molar-refractivity contribution in [2.75, 3.05) is 10.6 Å². The van der Waals surface area contributed by atoms with Crippen molar-refractivity contribution in [2.24, 2.45) is 0 Å². The summed E-state index contributed by atoms with van der Waals surface area (Å²) in [5, 5.41) is 6.77. The number of rotatable bonds is 5. The zero-order chi connectivity index (χ0) is 17.8. The van der Waals surface area contributed by atoms with Crippen LogP contribution in [0, 0.1) is 0 Å². The van der Waals surface area contributed by atoms with Crippen LogP contribution in [-0.4, -0.2) is 21.0 Å². The second-order valence-corrected chi connectivity index (χ2v) is 6.79. The largest absolute Gasteiger partial charge is 0.351 e. The summed E-state index contributed by atoms with van der Waals surface area (Å²) in [7, 11) is 0. The molecule has 0 aliphatic heterocycles. The van der Waals surface area contributed by atoms with Gasteiger partial charge < -0.3 is 10.6 Å². The van der Waals surface area contributed by atoms with E-state index in [1.165, 1.54) is 12.8 Å². The van der Waals surface area contributed by atoms with Crippen LogP contribution in [0.1, 0.15) is 25.7 Å². The second kappa shape index (κ2) is 7.70. The fourth-order valence-corrected chi connectivity index (χ4v) is 3.42. The molecule has 1 fully saturated rings. The van der Waals surface area contributed by atoms with E-state index in [-0.39, 0.29) is 5.28 Å². The molecule has 0 saturated heterocycles. The predicted molar refractivity (Wildman–Crippen MR) is 106 cm³/mol. The highest BCUT2D eigenvalue weighted by Crippen LogP contribution is 2.25. The van der Waals surface area contributed by atoms with Gasteiger partial charge in [0.05, 0.1) is 0 Å². The lowest BCUT2D eigenvalue weighted by atomic mass is 10.1. The number of hydrogen-bond donors (Lipinski definition) is 2. The van der Waals surface area contributed by atoms with Crippen molar-refractivity contribution in [2.45, 2.75) is 31.7 Å². The minimum absolute atomic E-state index is 0.183. The Bertz CT molecular complexity index is 878. The van der Waals surface area contributed by atoms with E-state index in [4.69, 9.17) is 11.6 Å². The van der Waals surface area contributed by atoms with Crippen LogP contribution in [0.4, 0.5) is 17.6 Å². The summed E-state index contributed by atoms with van der Waals surface area (Å²) in [4.78, 5) is 12.9. The molecule has 1 saturated carbocycles. The van der Waals surface area contributed by atoms with Gasteiger partial charge in [0.2, 0.25) is 17.2 Å². The predicted octanol–water partition coefficient (Wildman–Crippen LogP) is 5.29. The van der Waals surface area contributed by atoms with Crippen LogP contribution in [0.3, 0.4) is 0 Å². The average molecular weight is 366 g/mol. The van der Waals surface area contributed by atoms with Gasteiger partial charge in [-0.15, -0.1) is 0 Å². The molecule has 0 bridgehead atoms. The Labute approximate surface area is 157 Å². The second-order valence-electron chi connectivity index (χ2n) is 6.45. The van der Waals surface area contributed by atoms with E-state index in [9.17, 15) is 0 Å². The van der Waals surface area contributed by atoms with Crippen LogP contribution in [0.25, 0.3) is 11.1 Å². The molecule has 0 radical (unpaired) electrons. The molecule has 2 N–H and O–H groups in total. The molecule has 1 heterocycles. The maximum atomic E-state index is 6.09. The van der Waals surface area contributed by atoms with Gasteiger partial charge in [-0.25, -0.2) is 0 Å². The summed E-state index contributed by atoms with van der Waals surface area (Å²) in [6, 6.07) is 18.8. The zero-order valence-corrected chi connectivity index (χ0v) is 15.1. The first kappa shape index (κ1) is 16.8. The van der Waals surface area contributed by atoms with Gasteiger partial charge in [-0.1, -0.05) is 55.3 Å². The first-order chi connectivity index (χ1) is 12.8. The lowest BCUT2D eigenvalue weighted by Crippen LogP contribution is -2.17. The lowest BCUT2D eigenvalue weighted by molar-refractivity contribution is 0.742. The molecule has 0 spiro atoms. The Morgan fingerprint density at radius 3 is 2.35 bits per heavy atom. The number of nitrogens with zero attached hydrogens (tertiary/aromatic N) is 3. The van der Waals surface area contributed by atoms with Gasteiger partial charge in [-0.3, -0.25) is 0 Å². The summed E-state index contributed by atoms with van der Waals surface area (Å²) < 4.78 is 0. The molecule has 0 amide bonds. The summed E-state index contributed by atoms with van der Waals surface area (Å²) >= 11 is 6.09. The van der Waals surface area contributed by atoms with E-state index in [0.29, 0.717) is 17.9 Å². The third-order valence-electron chi connectivity index (χ3n) is 4.52. The van der Waals surface area contributed by atoms with Gasteiger partial charge in [0, 0.05) is 11.7 Å². The van der Waals surface area contributed by atoms with Crippen molar-refractivity contribution in [3.63, 3.8) is 0 Å². The number of anilines is 3. The van der Waals surface area contributed by atoms with Crippen LogP contribution in [0.2, 0.25) is 5.28 Å². The van der Waals surface area contributed by atoms with Crippen LogP contribution >= 0.6 is 11.6 Å². The Morgan fingerprint density at radius 1 is 0.808 bits per heavy atom. The fourth-order valence-electron chi connectivity index (χ4n) is 3.26. The van der Waals surface area contributed by atoms with E-state index in [1.54, 1.807) is 0 Å². The number of halogens is 1. The minimum atomic E-state index is 0.183. The molecule has 2 aromatic carbocycles. The summed E-state index contributed by atoms with van der Waals surface area (Å²) in [5.74, 6) is 0.967. The highest BCUT2D eigenvalue weighted by Gasteiger charge is 2.16. The first-order valence-electron chi connectivity index (χ1n) is 8.87. The first-order valence-corrected chi connectivity index (χ1v) is 9.25. The smallest absolute Gasteiger partial charge is 0.233 e. The molecule has 0 unspecified atom stereocenters. The van der Waals surface area contributed by atoms with Crippen LogP contribution < -0.4 is 10.6 Å². The average Bonchev–Trinajstić information content (AvgIpc) is 3.15. The Balaban J connectivity index is 1.54. The van der Waals surface area contributed by atoms with Crippen molar-refractivity contribution in [3.05, 3.63) is 59.9 Å². The number of nitrogens with one attached hydrogen (secondary N) is 2. The van der Waals surface area contributed by atoms with E-state index in [0.717, 1.165) is 29.7 Å². The van der Waals surface area contributed by atoms with Crippen molar-refractivity contribution in [1.82, 2.24) is 15.0 Å². The van der Waals surface area contributed by atoms with Gasteiger partial charge in [-0.05, 0) is 47.7 Å². The third-order valence-corrected chi connectivity index (χ3v) is 4.69. The lowest BCUT2D eigenvalue weighted by Gasteiger charge is -2.13. The maximum absolute atomic E-state index is 6.09. The van der Waals surface area contributed by atoms with Gasteiger partial charge >= 0.3 is 0 Å². The number of hydrogen-bond acceptors (Lipinski definition) is 5. The molecule has 4 rings (SSSR count). The molecule has 1 aliphatic rings. The normalized spacial score (nSPS) is 14.3. The Morgan fingerprint density at radius 2 is 1.54 bits per heavy atom. The van der Waals surface area contributed by atoms with Gasteiger partial charge in [-0.2, -0.15) is 15.0 Å². The quantitative estimate of drug-likeness (QED) is 0.643. The van der Waals surface area contributed by atoms with Crippen molar-refractivity contribution < 1.29 is 0 Å². The highest BCUT2D eigenvalue weighted by atomic mass is 35.5. The molecule has 26 heavy (non-hydrogen) atoms. The molecule has 1 aliphatic carbocycles. The van der Waals surface area contributed by atoms with Crippen LogP contribution in [0.5, 0.6) is 0 Å². The SMILES string of the molecule is Clc1nc(Nc2cccc(-c3ccccc3)c2)nc(NC2CCCC2)n1. The molecule has 0 atom stereocenters. The van der Waals surface area contributed by atoms with Crippen LogP contribution in [0.15, 0.2) is 54.6 Å². The molecule has 6 heteroatoms. The Hall–Kier alpha value is -2.66. The van der Waals surface area contributed by atoms with Gasteiger partial charge in [0.25, 0.3) is 0 Å². The Kier molecular flexibility index (Phi) is 4.97. The molecular formula is C20H20ClN5. The minimum Gasteiger partial charge on any atom is -0.351 e. The van der Waals surface area contributed by atoms with E-state index in [2.05, 4.69) is 49.9 Å². The monoisotopic (exact) mass is 365 g/mol. The van der Waals surface area contributed by atoms with Crippen molar-refractivity contribution in [3.8, 4) is 11.1 Å². The maximum Gasteiger partial charge on any atom is 0.233 e. The van der Waals surface area contributed by atoms with E-state index in [1.807, 2.05) is 30.3 Å². The van der Waals surface area contributed by atoms with Gasteiger partial charge in [0.1, 0.15) is 0 Å². The standard InChI is InChI=1S/C20H20ClN5/c21-18-24-19(22-16-10-4-5-11-16)26-20(25-18)23-17-12-6-9-15(13-17)14-7-2-1-3-8-14/h1-3,6-9,12-13,16H,4-5,10-11H2,(H2,22,23,24,25,26). The summed E-state index contributed by atoms with van der Waals surface area (Å²) in [6.45, 7) is 0. The van der Waals surface area contributed by atoms with E-state index < -0.39 is 0 Å². The molecule has 1 aromatic heterocycles. The number of benzene rings is 2. The molecule has 5 nitrogen and oxygen atoms in total. The van der Waals surface area contributed by atoms with Gasteiger partial charge in [0.15, 0.2) is 0 Å². The fraction of sp³-hybridized carbons (Fsp3) is 0.250. The third kappa shape index (κ3) is 4.11. The van der Waals surface area contributed by atoms with Crippen molar-refractivity contribution in [1.29, 1.82) is 0 Å². The summed E-state index contributed by atoms with van der Waals surface area (Å²) in [6.07, 6.45) is 4.78. The van der Waals surface area contributed by atoms with E-state index >= 15 is 0 Å². The molecule has 132 valence electrons. The zero-order valence-electron chi connectivity index (χ0n) is 14.3. The molecular weight excluding hydrogens is 346 g/mol. The molecule has 3 aromatic rings.